The number of carbonyl (C=O) groups is 2. The lowest BCUT2D eigenvalue weighted by molar-refractivity contribution is -0.216. The summed E-state index contributed by atoms with van der Waals surface area (Å²) in [6.45, 7) is 9.95. The quantitative estimate of drug-likeness (QED) is 0.280. The van der Waals surface area contributed by atoms with Crippen LogP contribution in [0.2, 0.25) is 0 Å². The molecule has 2 heterocycles. The lowest BCUT2D eigenvalue weighted by atomic mass is 10.0. The van der Waals surface area contributed by atoms with E-state index in [1.54, 1.807) is 11.0 Å². The molecule has 1 N–H and O–H groups in total. The molecule has 0 radical (unpaired) electrons. The number of carbonyl (C=O) groups excluding carboxylic acids is 2. The smallest absolute Gasteiger partial charge is 0.410 e. The van der Waals surface area contributed by atoms with Gasteiger partial charge in [0.25, 0.3) is 0 Å². The summed E-state index contributed by atoms with van der Waals surface area (Å²) in [5, 5.41) is 10.7. The van der Waals surface area contributed by atoms with Crippen molar-refractivity contribution in [2.24, 2.45) is 0 Å². The molecule has 0 bridgehead atoms. The second-order valence-electron chi connectivity index (χ2n) is 10.6. The molecule has 0 unspecified atom stereocenters. The Morgan fingerprint density at radius 3 is 2.22 bits per heavy atom. The number of benzene rings is 2. The van der Waals surface area contributed by atoms with Crippen molar-refractivity contribution < 1.29 is 28.8 Å². The third kappa shape index (κ3) is 9.16. The number of piperazine rings is 1. The number of hydrogen-bond donors (Lipinski definition) is 1. The van der Waals surface area contributed by atoms with Crippen molar-refractivity contribution in [1.29, 1.82) is 0 Å². The third-order valence-electron chi connectivity index (χ3n) is 6.34. The van der Waals surface area contributed by atoms with E-state index in [-0.39, 0.29) is 11.8 Å². The van der Waals surface area contributed by atoms with Crippen LogP contribution in [0.4, 0.5) is 16.2 Å². The van der Waals surface area contributed by atoms with Crippen LogP contribution >= 0.6 is 0 Å². The summed E-state index contributed by atoms with van der Waals surface area (Å²) in [6, 6.07) is 17.7. The second kappa shape index (κ2) is 13.9. The maximum absolute atomic E-state index is 12.2. The summed E-state index contributed by atoms with van der Waals surface area (Å²) in [6.07, 6.45) is 2.01. The van der Waals surface area contributed by atoms with Gasteiger partial charge in [-0.1, -0.05) is 24.3 Å². The lowest BCUT2D eigenvalue weighted by Gasteiger charge is -2.35. The molecule has 2 aromatic carbocycles. The normalized spacial score (nSPS) is 13.9. The van der Waals surface area contributed by atoms with Gasteiger partial charge < -0.3 is 19.7 Å². The Morgan fingerprint density at radius 2 is 1.59 bits per heavy atom. The molecule has 218 valence electrons. The first kappa shape index (κ1) is 29.8. The van der Waals surface area contributed by atoms with Gasteiger partial charge in [0.2, 0.25) is 0 Å². The van der Waals surface area contributed by atoms with Gasteiger partial charge in [0.05, 0.1) is 19.0 Å². The topological polar surface area (TPSA) is 115 Å². The zero-order chi connectivity index (χ0) is 29.2. The van der Waals surface area contributed by atoms with Crippen LogP contribution in [-0.4, -0.2) is 84.1 Å². The molecule has 1 aliphatic rings. The Labute approximate surface area is 240 Å². The number of nitrogens with one attached hydrogen (secondary N) is 1. The van der Waals surface area contributed by atoms with E-state index >= 15 is 0 Å². The third-order valence-corrected chi connectivity index (χ3v) is 6.34. The molecule has 41 heavy (non-hydrogen) atoms. The molecule has 1 amide bonds. The fraction of sp³-hybridized carbons (Fsp3) is 0.400. The van der Waals surface area contributed by atoms with Crippen LogP contribution in [-0.2, 0) is 20.9 Å². The Balaban J connectivity index is 1.20. The average molecular weight is 564 g/mol. The van der Waals surface area contributed by atoms with Crippen LogP contribution in [0.3, 0.4) is 0 Å². The molecule has 1 saturated heterocycles. The second-order valence-corrected chi connectivity index (χ2v) is 10.6. The minimum Gasteiger partial charge on any atom is -0.492 e. The number of nitrogens with zero attached hydrogens (tertiary/aromatic N) is 4. The van der Waals surface area contributed by atoms with Gasteiger partial charge in [0.1, 0.15) is 18.0 Å². The number of rotatable bonds is 10. The number of aromatic nitrogens is 2. The van der Waals surface area contributed by atoms with Crippen molar-refractivity contribution in [3.8, 4) is 5.75 Å². The lowest BCUT2D eigenvalue weighted by Crippen LogP contribution is -2.50. The molecular weight excluding hydrogens is 526 g/mol. The van der Waals surface area contributed by atoms with Gasteiger partial charge in [0, 0.05) is 38.4 Å². The van der Waals surface area contributed by atoms with E-state index in [1.807, 2.05) is 57.2 Å². The molecule has 1 fully saturated rings. The summed E-state index contributed by atoms with van der Waals surface area (Å²) in [5.74, 6) is 0.0970. The molecule has 0 aliphatic carbocycles. The SMILES string of the molecule is COOC(=O)c1nnccc1Nc1ccc(Cc2ccc(OCCN3CCN(C(=O)OC(C)(C)C)CC3)cc2)cc1. The highest BCUT2D eigenvalue weighted by Crippen LogP contribution is 2.22. The zero-order valence-corrected chi connectivity index (χ0v) is 24.0. The summed E-state index contributed by atoms with van der Waals surface area (Å²) < 4.78 is 11.4. The number of ether oxygens (including phenoxy) is 2. The molecule has 3 aromatic rings. The van der Waals surface area contributed by atoms with E-state index in [0.717, 1.165) is 43.1 Å². The Bertz CT molecular complexity index is 1290. The maximum Gasteiger partial charge on any atom is 0.410 e. The first-order chi connectivity index (χ1) is 19.7. The van der Waals surface area contributed by atoms with Gasteiger partial charge in [0.15, 0.2) is 5.69 Å². The van der Waals surface area contributed by atoms with Crippen LogP contribution in [0.25, 0.3) is 0 Å². The van der Waals surface area contributed by atoms with E-state index in [9.17, 15) is 9.59 Å². The van der Waals surface area contributed by atoms with Crippen molar-refractivity contribution in [3.63, 3.8) is 0 Å². The van der Waals surface area contributed by atoms with Crippen molar-refractivity contribution in [2.75, 3.05) is 51.8 Å². The van der Waals surface area contributed by atoms with Crippen LogP contribution in [0.5, 0.6) is 5.75 Å². The molecule has 11 heteroatoms. The Morgan fingerprint density at radius 1 is 0.927 bits per heavy atom. The molecule has 0 atom stereocenters. The van der Waals surface area contributed by atoms with E-state index < -0.39 is 11.6 Å². The van der Waals surface area contributed by atoms with Crippen LogP contribution in [0.1, 0.15) is 42.4 Å². The van der Waals surface area contributed by atoms with Gasteiger partial charge in [-0.3, -0.25) is 9.79 Å². The summed E-state index contributed by atoms with van der Waals surface area (Å²) in [4.78, 5) is 37.3. The predicted molar refractivity (Wildman–Crippen MR) is 153 cm³/mol. The zero-order valence-electron chi connectivity index (χ0n) is 24.0. The first-order valence-corrected chi connectivity index (χ1v) is 13.5. The fourth-order valence-electron chi connectivity index (χ4n) is 4.27. The van der Waals surface area contributed by atoms with E-state index in [1.165, 1.54) is 18.9 Å². The average Bonchev–Trinajstić information content (AvgIpc) is 2.95. The number of anilines is 2. The Hall–Kier alpha value is -4.22. The first-order valence-electron chi connectivity index (χ1n) is 13.5. The standard InChI is InChI=1S/C30H37N5O6/c1-30(2,3)40-29(37)35-17-15-34(16-18-35)19-20-39-25-11-7-23(8-12-25)21-22-5-9-24(10-6-22)32-26-13-14-31-33-27(26)28(36)41-38-4/h5-14H,15-21H2,1-4H3,(H,31,32). The summed E-state index contributed by atoms with van der Waals surface area (Å²) in [5.41, 5.74) is 3.12. The summed E-state index contributed by atoms with van der Waals surface area (Å²) >= 11 is 0. The minimum atomic E-state index is -0.731. The molecule has 1 aromatic heterocycles. The van der Waals surface area contributed by atoms with Gasteiger partial charge in [-0.05, 0) is 68.7 Å². The number of hydrogen-bond acceptors (Lipinski definition) is 10. The van der Waals surface area contributed by atoms with Crippen molar-refractivity contribution in [3.05, 3.63) is 77.6 Å². The molecule has 11 nitrogen and oxygen atoms in total. The summed E-state index contributed by atoms with van der Waals surface area (Å²) in [7, 11) is 1.25. The van der Waals surface area contributed by atoms with Crippen molar-refractivity contribution in [1.82, 2.24) is 20.0 Å². The molecule has 0 saturated carbocycles. The van der Waals surface area contributed by atoms with E-state index in [4.69, 9.17) is 9.47 Å². The molecular formula is C30H37N5O6. The van der Waals surface area contributed by atoms with Crippen molar-refractivity contribution >= 4 is 23.4 Å². The van der Waals surface area contributed by atoms with Gasteiger partial charge in [-0.15, -0.1) is 5.10 Å². The van der Waals surface area contributed by atoms with Gasteiger partial charge in [-0.2, -0.15) is 9.99 Å². The highest BCUT2D eigenvalue weighted by Gasteiger charge is 2.25. The highest BCUT2D eigenvalue weighted by molar-refractivity contribution is 5.93. The molecule has 4 rings (SSSR count). The van der Waals surface area contributed by atoms with Crippen molar-refractivity contribution in [2.45, 2.75) is 32.8 Å². The maximum atomic E-state index is 12.2. The molecule has 0 spiro atoms. The van der Waals surface area contributed by atoms with E-state index in [0.29, 0.717) is 25.4 Å². The van der Waals surface area contributed by atoms with Gasteiger partial charge in [-0.25, -0.2) is 9.59 Å². The van der Waals surface area contributed by atoms with Crippen LogP contribution < -0.4 is 10.1 Å². The predicted octanol–water partition coefficient (Wildman–Crippen LogP) is 4.46. The number of amides is 1. The van der Waals surface area contributed by atoms with Crippen LogP contribution in [0, 0.1) is 0 Å². The fourth-order valence-corrected chi connectivity index (χ4v) is 4.27. The highest BCUT2D eigenvalue weighted by atomic mass is 17.2. The van der Waals surface area contributed by atoms with E-state index in [2.05, 4.69) is 42.3 Å². The Kier molecular flexibility index (Phi) is 10.1. The van der Waals surface area contributed by atoms with Crippen LogP contribution in [0.15, 0.2) is 60.8 Å². The minimum absolute atomic E-state index is 0.0292. The van der Waals surface area contributed by atoms with Gasteiger partial charge >= 0.3 is 12.1 Å². The monoisotopic (exact) mass is 563 g/mol. The molecule has 1 aliphatic heterocycles. The largest absolute Gasteiger partial charge is 0.492 e.